The van der Waals surface area contributed by atoms with Crippen molar-refractivity contribution in [1.29, 1.82) is 0 Å². The van der Waals surface area contributed by atoms with E-state index in [1.807, 2.05) is 12.2 Å². The minimum absolute atomic E-state index is 0.0481. The van der Waals surface area contributed by atoms with Crippen molar-refractivity contribution in [3.63, 3.8) is 0 Å². The predicted octanol–water partition coefficient (Wildman–Crippen LogP) is 9.55. The third-order valence-electron chi connectivity index (χ3n) is 8.83. The monoisotopic (exact) mass is 799 g/mol. The molecular formula is C43H75O11P. The standard InChI is InChI=1S/C43H75O11P/c1-4-6-7-8-9-10-11-12-13-17-20-23-26-30-39(45)31-28-33-43(48)54-41(37-53-55(49,50)52-35-40(46)34-44)36-51-42(47)32-27-24-21-18-15-14-16-19-22-25-29-38(3)5-2/h6-7,9-10,12-13,20,23,26,30,38-41,44-46H,4-5,8,11,14-19,21-22,24-25,27-29,31-37H2,1-3H3,(H,49,50)/b7-6-,10-9-,13-12-,23-20-,30-26+/t38?,39?,40-,41+/m0/s1. The van der Waals surface area contributed by atoms with Gasteiger partial charge < -0.3 is 29.7 Å². The highest BCUT2D eigenvalue weighted by molar-refractivity contribution is 7.47. The lowest BCUT2D eigenvalue weighted by atomic mass is 9.99. The van der Waals surface area contributed by atoms with Gasteiger partial charge in [0.2, 0.25) is 0 Å². The van der Waals surface area contributed by atoms with Gasteiger partial charge in [-0.25, -0.2) is 4.57 Å². The summed E-state index contributed by atoms with van der Waals surface area (Å²) in [5.41, 5.74) is 0. The number of esters is 2. The Bertz CT molecular complexity index is 1130. The Kier molecular flexibility index (Phi) is 35.6. The van der Waals surface area contributed by atoms with Crippen molar-refractivity contribution in [2.24, 2.45) is 5.92 Å². The summed E-state index contributed by atoms with van der Waals surface area (Å²) in [5.74, 6) is -0.304. The van der Waals surface area contributed by atoms with Crippen molar-refractivity contribution in [1.82, 2.24) is 0 Å². The van der Waals surface area contributed by atoms with Gasteiger partial charge in [0, 0.05) is 12.8 Å². The van der Waals surface area contributed by atoms with E-state index in [4.69, 9.17) is 19.1 Å². The summed E-state index contributed by atoms with van der Waals surface area (Å²) in [4.78, 5) is 34.9. The molecule has 4 N–H and O–H groups in total. The van der Waals surface area contributed by atoms with Crippen molar-refractivity contribution < 1.29 is 52.9 Å². The number of aliphatic hydroxyl groups excluding tert-OH is 3. The molecule has 0 aliphatic rings. The van der Waals surface area contributed by atoms with Crippen LogP contribution >= 0.6 is 7.82 Å². The molecule has 0 fully saturated rings. The second kappa shape index (κ2) is 37.2. The highest BCUT2D eigenvalue weighted by Gasteiger charge is 2.27. The van der Waals surface area contributed by atoms with Gasteiger partial charge in [0.15, 0.2) is 6.10 Å². The van der Waals surface area contributed by atoms with Gasteiger partial charge in [0.1, 0.15) is 12.7 Å². The lowest BCUT2D eigenvalue weighted by Crippen LogP contribution is -2.30. The molecule has 0 radical (unpaired) electrons. The lowest BCUT2D eigenvalue weighted by molar-refractivity contribution is -0.161. The molecule has 0 saturated heterocycles. The molecule has 0 aliphatic heterocycles. The van der Waals surface area contributed by atoms with Crippen LogP contribution in [0.1, 0.15) is 149 Å². The summed E-state index contributed by atoms with van der Waals surface area (Å²) >= 11 is 0. The van der Waals surface area contributed by atoms with E-state index in [0.29, 0.717) is 19.3 Å². The molecule has 0 aliphatic carbocycles. The number of phosphoric ester groups is 1. The van der Waals surface area contributed by atoms with Gasteiger partial charge in [-0.05, 0) is 50.9 Å². The van der Waals surface area contributed by atoms with Crippen molar-refractivity contribution in [3.8, 4) is 0 Å². The van der Waals surface area contributed by atoms with Crippen molar-refractivity contribution >= 4 is 19.8 Å². The highest BCUT2D eigenvalue weighted by Crippen LogP contribution is 2.43. The fourth-order valence-corrected chi connectivity index (χ4v) is 6.02. The number of allylic oxidation sites excluding steroid dienone is 9. The molecule has 0 saturated carbocycles. The maximum Gasteiger partial charge on any atom is 0.472 e. The Morgan fingerprint density at radius 1 is 0.655 bits per heavy atom. The van der Waals surface area contributed by atoms with Crippen LogP contribution in [0.5, 0.6) is 0 Å². The third kappa shape index (κ3) is 37.0. The van der Waals surface area contributed by atoms with E-state index in [0.717, 1.165) is 50.9 Å². The molecule has 318 valence electrons. The Hall–Kier alpha value is -2.37. The summed E-state index contributed by atoms with van der Waals surface area (Å²) in [6.07, 6.45) is 35.1. The van der Waals surface area contributed by atoms with E-state index in [9.17, 15) is 29.3 Å². The predicted molar refractivity (Wildman–Crippen MR) is 220 cm³/mol. The SMILES string of the molecule is CC/C=C\C/C=C\C/C=C\C/C=C\C=C\C(O)CCCC(=O)O[C@H](COC(=O)CCCCCCCCCCCCC(C)CC)COP(=O)(O)OC[C@@H](O)CO. The van der Waals surface area contributed by atoms with Crippen LogP contribution in [-0.2, 0) is 32.7 Å². The molecule has 12 heteroatoms. The highest BCUT2D eigenvalue weighted by atomic mass is 31.2. The number of hydrogen-bond donors (Lipinski definition) is 4. The zero-order valence-corrected chi connectivity index (χ0v) is 35.0. The molecule has 0 aromatic heterocycles. The van der Waals surface area contributed by atoms with E-state index in [1.165, 1.54) is 51.4 Å². The molecule has 0 heterocycles. The van der Waals surface area contributed by atoms with Crippen molar-refractivity contribution in [3.05, 3.63) is 60.8 Å². The zero-order valence-electron chi connectivity index (χ0n) is 34.1. The first-order valence-electron chi connectivity index (χ1n) is 20.7. The first-order chi connectivity index (χ1) is 26.5. The van der Waals surface area contributed by atoms with Crippen LogP contribution in [0.15, 0.2) is 60.8 Å². The van der Waals surface area contributed by atoms with Crippen LogP contribution in [0.2, 0.25) is 0 Å². The van der Waals surface area contributed by atoms with Gasteiger partial charge in [-0.3, -0.25) is 18.6 Å². The van der Waals surface area contributed by atoms with E-state index >= 15 is 0 Å². The maximum atomic E-state index is 12.6. The molecule has 0 spiro atoms. The first kappa shape index (κ1) is 52.6. The van der Waals surface area contributed by atoms with E-state index in [-0.39, 0.29) is 19.4 Å². The van der Waals surface area contributed by atoms with Gasteiger partial charge in [-0.1, -0.05) is 152 Å². The first-order valence-corrected chi connectivity index (χ1v) is 22.2. The van der Waals surface area contributed by atoms with Gasteiger partial charge in [-0.15, -0.1) is 0 Å². The average Bonchev–Trinajstić information content (AvgIpc) is 3.16. The van der Waals surface area contributed by atoms with E-state index < -0.39 is 57.9 Å². The summed E-state index contributed by atoms with van der Waals surface area (Å²) < 4.78 is 32.5. The fourth-order valence-electron chi connectivity index (χ4n) is 5.23. The van der Waals surface area contributed by atoms with Gasteiger partial charge in [-0.2, -0.15) is 0 Å². The van der Waals surface area contributed by atoms with Gasteiger partial charge in [0.25, 0.3) is 0 Å². The van der Waals surface area contributed by atoms with E-state index in [1.54, 1.807) is 12.2 Å². The van der Waals surface area contributed by atoms with Crippen LogP contribution in [0, 0.1) is 5.92 Å². The molecule has 0 amide bonds. The molecule has 55 heavy (non-hydrogen) atoms. The smallest absolute Gasteiger partial charge is 0.462 e. The van der Waals surface area contributed by atoms with Gasteiger partial charge >= 0.3 is 19.8 Å². The molecule has 11 nitrogen and oxygen atoms in total. The maximum absolute atomic E-state index is 12.6. The molecule has 0 aromatic rings. The Morgan fingerprint density at radius 2 is 1.20 bits per heavy atom. The topological polar surface area (TPSA) is 169 Å². The number of phosphoric acid groups is 1. The summed E-state index contributed by atoms with van der Waals surface area (Å²) in [6.45, 7) is 4.36. The summed E-state index contributed by atoms with van der Waals surface area (Å²) in [5, 5.41) is 28.6. The Labute approximate surface area is 332 Å². The summed E-state index contributed by atoms with van der Waals surface area (Å²) in [6, 6.07) is 0. The average molecular weight is 799 g/mol. The van der Waals surface area contributed by atoms with Crippen molar-refractivity contribution in [2.45, 2.75) is 167 Å². The van der Waals surface area contributed by atoms with Crippen molar-refractivity contribution in [2.75, 3.05) is 26.4 Å². The molecule has 0 rings (SSSR count). The lowest BCUT2D eigenvalue weighted by Gasteiger charge is -2.20. The number of ether oxygens (including phenoxy) is 2. The number of carbonyl (C=O) groups is 2. The number of aliphatic hydroxyl groups is 3. The number of unbranched alkanes of at least 4 members (excludes halogenated alkanes) is 9. The Balaban J connectivity index is 4.55. The number of hydrogen-bond acceptors (Lipinski definition) is 10. The fraction of sp³-hybridized carbons (Fsp3) is 0.721. The van der Waals surface area contributed by atoms with Crippen LogP contribution in [0.25, 0.3) is 0 Å². The molecule has 3 unspecified atom stereocenters. The van der Waals surface area contributed by atoms with E-state index in [2.05, 4.69) is 61.8 Å². The minimum Gasteiger partial charge on any atom is -0.462 e. The number of rotatable bonds is 37. The molecule has 5 atom stereocenters. The molecule has 0 aromatic carbocycles. The molecular weight excluding hydrogens is 723 g/mol. The second-order valence-corrected chi connectivity index (χ2v) is 15.5. The van der Waals surface area contributed by atoms with Crippen LogP contribution in [0.3, 0.4) is 0 Å². The quantitative estimate of drug-likeness (QED) is 0.0155. The van der Waals surface area contributed by atoms with Crippen LogP contribution in [-0.4, -0.2) is 76.9 Å². The van der Waals surface area contributed by atoms with Crippen LogP contribution in [0.4, 0.5) is 0 Å². The zero-order chi connectivity index (χ0) is 40.8. The second-order valence-electron chi connectivity index (χ2n) is 14.1. The largest absolute Gasteiger partial charge is 0.472 e. The normalized spacial score (nSPS) is 15.7. The van der Waals surface area contributed by atoms with Gasteiger partial charge in [0.05, 0.1) is 25.9 Å². The number of carbonyl (C=O) groups excluding carboxylic acids is 2. The third-order valence-corrected chi connectivity index (χ3v) is 9.78. The summed E-state index contributed by atoms with van der Waals surface area (Å²) in [7, 11) is -4.67. The Morgan fingerprint density at radius 3 is 1.80 bits per heavy atom. The minimum atomic E-state index is -4.67. The molecule has 0 bridgehead atoms. The van der Waals surface area contributed by atoms with Crippen LogP contribution < -0.4 is 0 Å².